The molecule has 0 radical (unpaired) electrons. The fourth-order valence-corrected chi connectivity index (χ4v) is 2.82. The molecule has 0 aliphatic heterocycles. The number of aromatic nitrogens is 3. The number of carbonyl (C=O) groups is 2. The van der Waals surface area contributed by atoms with Crippen LogP contribution in [-0.2, 0) is 16.1 Å². The van der Waals surface area contributed by atoms with Crippen molar-refractivity contribution in [2.45, 2.75) is 19.9 Å². The Morgan fingerprint density at radius 3 is 2.79 bits per heavy atom. The van der Waals surface area contributed by atoms with Gasteiger partial charge in [0.15, 0.2) is 0 Å². The maximum atomic E-state index is 12.4. The van der Waals surface area contributed by atoms with Gasteiger partial charge in [-0.05, 0) is 36.8 Å². The number of hydrogen-bond acceptors (Lipinski definition) is 5. The van der Waals surface area contributed by atoms with Gasteiger partial charge < -0.3 is 10.2 Å². The summed E-state index contributed by atoms with van der Waals surface area (Å²) >= 11 is 0. The van der Waals surface area contributed by atoms with Crippen LogP contribution in [0.1, 0.15) is 12.0 Å². The Bertz CT molecular complexity index is 1080. The Morgan fingerprint density at radius 1 is 1.21 bits per heavy atom. The molecule has 1 N–H and O–H groups in total. The summed E-state index contributed by atoms with van der Waals surface area (Å²) in [5, 5.41) is 7.34. The summed E-state index contributed by atoms with van der Waals surface area (Å²) in [5.41, 5.74) is 1.50. The van der Waals surface area contributed by atoms with Gasteiger partial charge in [-0.2, -0.15) is 5.10 Å². The number of benzene rings is 1. The highest BCUT2D eigenvalue weighted by molar-refractivity contribution is 5.93. The third-order valence-electron chi connectivity index (χ3n) is 4.29. The van der Waals surface area contributed by atoms with E-state index < -0.39 is 0 Å². The Labute approximate surface area is 161 Å². The largest absolute Gasteiger partial charge is 0.336 e. The summed E-state index contributed by atoms with van der Waals surface area (Å²) < 4.78 is 1.62. The van der Waals surface area contributed by atoms with Crippen LogP contribution in [0.5, 0.6) is 0 Å². The first-order valence-electron chi connectivity index (χ1n) is 8.85. The molecule has 28 heavy (non-hydrogen) atoms. The molecule has 2 heterocycles. The first kappa shape index (κ1) is 19.2. The second-order valence-electron chi connectivity index (χ2n) is 6.52. The number of likely N-dealkylation sites (N-methyl/N-ethyl adjacent to an activating group) is 1. The molecule has 3 aromatic rings. The van der Waals surface area contributed by atoms with Gasteiger partial charge in [-0.25, -0.2) is 4.98 Å². The number of nitrogens with one attached hydrogen (secondary N) is 1. The summed E-state index contributed by atoms with van der Waals surface area (Å²) in [6.45, 7) is 2.14. The topological polar surface area (TPSA) is 97.2 Å². The van der Waals surface area contributed by atoms with Crippen molar-refractivity contribution in [1.29, 1.82) is 0 Å². The van der Waals surface area contributed by atoms with E-state index in [2.05, 4.69) is 15.4 Å². The first-order chi connectivity index (χ1) is 13.4. The summed E-state index contributed by atoms with van der Waals surface area (Å²) in [6, 6.07) is 10.7. The normalized spacial score (nSPS) is 10.6. The van der Waals surface area contributed by atoms with Crippen molar-refractivity contribution in [2.24, 2.45) is 0 Å². The number of nitrogens with zero attached hydrogens (tertiary/aromatic N) is 4. The highest BCUT2D eigenvalue weighted by atomic mass is 16.2. The average Bonchev–Trinajstić information content (AvgIpc) is 2.67. The Hall–Kier alpha value is -3.55. The van der Waals surface area contributed by atoms with E-state index in [4.69, 9.17) is 0 Å². The molecule has 0 aliphatic carbocycles. The summed E-state index contributed by atoms with van der Waals surface area (Å²) in [4.78, 5) is 41.8. The zero-order valence-electron chi connectivity index (χ0n) is 15.8. The van der Waals surface area contributed by atoms with Gasteiger partial charge in [0.25, 0.3) is 0 Å². The fraction of sp³-hybridized carbons (Fsp3) is 0.250. The number of pyridine rings is 1. The van der Waals surface area contributed by atoms with Crippen molar-refractivity contribution in [3.05, 3.63) is 64.6 Å². The Kier molecular flexibility index (Phi) is 5.78. The molecule has 2 aromatic heterocycles. The molecule has 3 rings (SSSR count). The van der Waals surface area contributed by atoms with Gasteiger partial charge in [-0.3, -0.25) is 19.1 Å². The highest BCUT2D eigenvalue weighted by Crippen LogP contribution is 2.09. The SMILES string of the molecule is Cc1ccnc(NC(=O)CN(C)C(=O)CCn2ncc(=O)c3ccccc32)c1. The molecule has 0 fully saturated rings. The van der Waals surface area contributed by atoms with E-state index in [9.17, 15) is 14.4 Å². The summed E-state index contributed by atoms with van der Waals surface area (Å²) in [5.74, 6) is -0.0624. The maximum Gasteiger partial charge on any atom is 0.245 e. The molecule has 1 aromatic carbocycles. The van der Waals surface area contributed by atoms with E-state index in [1.165, 1.54) is 11.1 Å². The van der Waals surface area contributed by atoms with E-state index in [1.807, 2.05) is 19.1 Å². The monoisotopic (exact) mass is 379 g/mol. The molecule has 0 unspecified atom stereocenters. The minimum absolute atomic E-state index is 0.0766. The van der Waals surface area contributed by atoms with Crippen LogP contribution in [-0.4, -0.2) is 45.1 Å². The lowest BCUT2D eigenvalue weighted by molar-refractivity contribution is -0.133. The van der Waals surface area contributed by atoms with Crippen LogP contribution in [0.25, 0.3) is 10.9 Å². The maximum absolute atomic E-state index is 12.4. The lowest BCUT2D eigenvalue weighted by Gasteiger charge is -2.17. The number of aryl methyl sites for hydroxylation is 2. The number of rotatable bonds is 6. The minimum Gasteiger partial charge on any atom is -0.336 e. The molecule has 8 heteroatoms. The van der Waals surface area contributed by atoms with Crippen molar-refractivity contribution in [3.63, 3.8) is 0 Å². The number of carbonyl (C=O) groups excluding carboxylic acids is 2. The Morgan fingerprint density at radius 2 is 2.00 bits per heavy atom. The number of para-hydroxylation sites is 1. The van der Waals surface area contributed by atoms with Gasteiger partial charge in [0, 0.05) is 25.1 Å². The molecule has 0 atom stereocenters. The standard InChI is InChI=1S/C20H21N5O3/c1-14-7-9-21-18(11-14)23-19(27)13-24(2)20(28)8-10-25-16-6-4-3-5-15(16)17(26)12-22-25/h3-7,9,11-12H,8,10,13H2,1-2H3,(H,21,23,27). The molecule has 2 amide bonds. The predicted molar refractivity (Wildman–Crippen MR) is 106 cm³/mol. The van der Waals surface area contributed by atoms with Crippen molar-refractivity contribution in [3.8, 4) is 0 Å². The average molecular weight is 379 g/mol. The molecule has 0 bridgehead atoms. The van der Waals surface area contributed by atoms with Gasteiger partial charge in [-0.1, -0.05) is 12.1 Å². The third-order valence-corrected chi connectivity index (χ3v) is 4.29. The van der Waals surface area contributed by atoms with E-state index in [-0.39, 0.29) is 30.2 Å². The van der Waals surface area contributed by atoms with Crippen LogP contribution >= 0.6 is 0 Å². The Balaban J connectivity index is 1.58. The second kappa shape index (κ2) is 8.43. The van der Waals surface area contributed by atoms with Crippen LogP contribution in [0.4, 0.5) is 5.82 Å². The van der Waals surface area contributed by atoms with Gasteiger partial charge in [0.2, 0.25) is 17.2 Å². The van der Waals surface area contributed by atoms with Gasteiger partial charge in [0.1, 0.15) is 5.82 Å². The van der Waals surface area contributed by atoms with Gasteiger partial charge in [-0.15, -0.1) is 0 Å². The quantitative estimate of drug-likeness (QED) is 0.701. The van der Waals surface area contributed by atoms with Crippen molar-refractivity contribution in [1.82, 2.24) is 19.7 Å². The summed E-state index contributed by atoms with van der Waals surface area (Å²) in [7, 11) is 1.57. The smallest absolute Gasteiger partial charge is 0.245 e. The molecule has 0 saturated heterocycles. The van der Waals surface area contributed by atoms with Gasteiger partial charge >= 0.3 is 0 Å². The minimum atomic E-state index is -0.319. The van der Waals surface area contributed by atoms with Crippen LogP contribution in [0.15, 0.2) is 53.6 Å². The predicted octanol–water partition coefficient (Wildman–Crippen LogP) is 1.59. The molecular formula is C20H21N5O3. The van der Waals surface area contributed by atoms with Gasteiger partial charge in [0.05, 0.1) is 24.8 Å². The van der Waals surface area contributed by atoms with E-state index in [0.717, 1.165) is 5.56 Å². The van der Waals surface area contributed by atoms with Crippen molar-refractivity contribution in [2.75, 3.05) is 18.9 Å². The van der Waals surface area contributed by atoms with E-state index in [0.29, 0.717) is 23.3 Å². The zero-order chi connectivity index (χ0) is 20.1. The van der Waals surface area contributed by atoms with Crippen LogP contribution in [0, 0.1) is 6.92 Å². The van der Waals surface area contributed by atoms with E-state index in [1.54, 1.807) is 42.2 Å². The number of amides is 2. The van der Waals surface area contributed by atoms with E-state index >= 15 is 0 Å². The summed E-state index contributed by atoms with van der Waals surface area (Å²) in [6.07, 6.45) is 3.02. The van der Waals surface area contributed by atoms with Crippen LogP contribution in [0.3, 0.4) is 0 Å². The zero-order valence-corrected chi connectivity index (χ0v) is 15.8. The number of anilines is 1. The molecular weight excluding hydrogens is 358 g/mol. The highest BCUT2D eigenvalue weighted by Gasteiger charge is 2.14. The molecule has 0 aliphatic rings. The van der Waals surface area contributed by atoms with Crippen LogP contribution in [0.2, 0.25) is 0 Å². The fourth-order valence-electron chi connectivity index (χ4n) is 2.82. The van der Waals surface area contributed by atoms with Crippen molar-refractivity contribution < 1.29 is 9.59 Å². The lowest BCUT2D eigenvalue weighted by Crippen LogP contribution is -2.35. The lowest BCUT2D eigenvalue weighted by atomic mass is 10.2. The molecule has 0 saturated carbocycles. The number of fused-ring (bicyclic) bond motifs is 1. The first-order valence-corrected chi connectivity index (χ1v) is 8.85. The third kappa shape index (κ3) is 4.59. The molecule has 144 valence electrons. The molecule has 8 nitrogen and oxygen atoms in total. The van der Waals surface area contributed by atoms with Crippen molar-refractivity contribution >= 4 is 28.5 Å². The molecule has 0 spiro atoms. The van der Waals surface area contributed by atoms with Crippen LogP contribution < -0.4 is 10.7 Å². The second-order valence-corrected chi connectivity index (χ2v) is 6.52. The number of hydrogen-bond donors (Lipinski definition) is 1.